The third kappa shape index (κ3) is 3.43. The van der Waals surface area contributed by atoms with Crippen LogP contribution in [0.4, 0.5) is 5.95 Å². The fourth-order valence-corrected chi connectivity index (χ4v) is 4.57. The normalized spacial score (nSPS) is 19.1. The fourth-order valence-electron chi connectivity index (χ4n) is 4.57. The highest BCUT2D eigenvalue weighted by Gasteiger charge is 2.41. The molecule has 1 aliphatic heterocycles. The Morgan fingerprint density at radius 2 is 1.59 bits per heavy atom. The van der Waals surface area contributed by atoms with Crippen molar-refractivity contribution in [1.29, 1.82) is 0 Å². The summed E-state index contributed by atoms with van der Waals surface area (Å²) in [6.07, 6.45) is 1.29. The maximum Gasteiger partial charge on any atom is 0.226 e. The van der Waals surface area contributed by atoms with E-state index in [1.165, 1.54) is 0 Å². The van der Waals surface area contributed by atoms with Crippen molar-refractivity contribution in [3.05, 3.63) is 65.4 Å². The number of aromatic nitrogens is 3. The van der Waals surface area contributed by atoms with Crippen LogP contribution < -0.4 is 14.8 Å². The number of allylic oxidation sites excluding steroid dienone is 2. The number of hydrogen-bond donors (Lipinski definition) is 1. The number of Topliss-reactive ketones (excluding diaryl/α,β-unsaturated/α-hetero) is 1. The molecule has 0 radical (unpaired) electrons. The number of rotatable bonds is 4. The Hall–Kier alpha value is -3.61. The molecular formula is C25H26N4O3. The second kappa shape index (κ2) is 7.51. The Morgan fingerprint density at radius 3 is 2.22 bits per heavy atom. The average Bonchev–Trinajstić information content (AvgIpc) is 3.20. The number of carbonyl (C=O) groups is 1. The SMILES string of the molecule is COc1ccc(-c2nc3n(n2)[C@H](c2ccc(OC)cc2)C2=C(CC(C)(C)CC2=O)N3)cc1. The number of methoxy groups -OCH3 is 2. The summed E-state index contributed by atoms with van der Waals surface area (Å²) in [6, 6.07) is 15.1. The lowest BCUT2D eigenvalue weighted by Gasteiger charge is -2.38. The van der Waals surface area contributed by atoms with Gasteiger partial charge in [-0.05, 0) is 53.8 Å². The van der Waals surface area contributed by atoms with E-state index >= 15 is 0 Å². The van der Waals surface area contributed by atoms with Gasteiger partial charge in [-0.15, -0.1) is 5.10 Å². The van der Waals surface area contributed by atoms with Gasteiger partial charge in [-0.25, -0.2) is 4.68 Å². The molecule has 1 aliphatic carbocycles. The molecule has 0 bridgehead atoms. The van der Waals surface area contributed by atoms with Gasteiger partial charge >= 0.3 is 0 Å². The average molecular weight is 431 g/mol. The summed E-state index contributed by atoms with van der Waals surface area (Å²) in [4.78, 5) is 18.1. The summed E-state index contributed by atoms with van der Waals surface area (Å²) in [5.74, 6) is 2.93. The summed E-state index contributed by atoms with van der Waals surface area (Å²) in [6.45, 7) is 4.25. The van der Waals surface area contributed by atoms with E-state index in [0.717, 1.165) is 40.3 Å². The van der Waals surface area contributed by atoms with E-state index in [1.54, 1.807) is 14.2 Å². The second-order valence-electron chi connectivity index (χ2n) is 9.07. The standard InChI is InChI=1S/C25H26N4O3/c1-25(2)13-19-21(20(30)14-25)22(15-5-9-17(31-3)10-6-15)29-24(26-19)27-23(28-29)16-7-11-18(32-4)12-8-16/h5-12,22H,13-14H2,1-4H3,(H,26,27,28)/t22-/m1/s1. The third-order valence-electron chi connectivity index (χ3n) is 6.11. The summed E-state index contributed by atoms with van der Waals surface area (Å²) >= 11 is 0. The molecule has 32 heavy (non-hydrogen) atoms. The van der Waals surface area contributed by atoms with Crippen LogP contribution in [0.2, 0.25) is 0 Å². The zero-order valence-electron chi connectivity index (χ0n) is 18.7. The lowest BCUT2D eigenvalue weighted by atomic mass is 9.73. The van der Waals surface area contributed by atoms with E-state index in [1.807, 2.05) is 53.2 Å². The van der Waals surface area contributed by atoms with E-state index in [4.69, 9.17) is 19.6 Å². The number of benzene rings is 2. The quantitative estimate of drug-likeness (QED) is 0.651. The lowest BCUT2D eigenvalue weighted by Crippen LogP contribution is -2.36. The topological polar surface area (TPSA) is 78.3 Å². The predicted octanol–water partition coefficient (Wildman–Crippen LogP) is 4.62. The van der Waals surface area contributed by atoms with Crippen LogP contribution in [-0.4, -0.2) is 34.8 Å². The minimum atomic E-state index is -0.338. The van der Waals surface area contributed by atoms with E-state index in [9.17, 15) is 4.79 Å². The van der Waals surface area contributed by atoms with Crippen LogP contribution in [-0.2, 0) is 4.79 Å². The molecule has 7 heteroatoms. The fraction of sp³-hybridized carbons (Fsp3) is 0.320. The van der Waals surface area contributed by atoms with Crippen LogP contribution in [0, 0.1) is 5.41 Å². The first-order valence-electron chi connectivity index (χ1n) is 10.7. The smallest absolute Gasteiger partial charge is 0.226 e. The molecule has 0 amide bonds. The van der Waals surface area contributed by atoms with Crippen molar-refractivity contribution in [2.24, 2.45) is 5.41 Å². The predicted molar refractivity (Wildman–Crippen MR) is 122 cm³/mol. The summed E-state index contributed by atoms with van der Waals surface area (Å²) in [5.41, 5.74) is 3.46. The van der Waals surface area contributed by atoms with Gasteiger partial charge in [0.25, 0.3) is 0 Å². The van der Waals surface area contributed by atoms with E-state index in [0.29, 0.717) is 18.2 Å². The lowest BCUT2D eigenvalue weighted by molar-refractivity contribution is -0.118. The van der Waals surface area contributed by atoms with Crippen LogP contribution in [0.25, 0.3) is 11.4 Å². The molecule has 2 aromatic carbocycles. The van der Waals surface area contributed by atoms with Gasteiger partial charge in [0.15, 0.2) is 11.6 Å². The number of carbonyl (C=O) groups excluding carboxylic acids is 1. The molecule has 0 unspecified atom stereocenters. The highest BCUT2D eigenvalue weighted by Crippen LogP contribution is 2.45. The molecule has 3 aromatic rings. The molecule has 2 heterocycles. The Balaban J connectivity index is 1.63. The molecule has 164 valence electrons. The van der Waals surface area contributed by atoms with E-state index < -0.39 is 0 Å². The molecule has 2 aliphatic rings. The number of hydrogen-bond acceptors (Lipinski definition) is 6. The van der Waals surface area contributed by atoms with Crippen molar-refractivity contribution in [2.45, 2.75) is 32.7 Å². The number of nitrogens with one attached hydrogen (secondary N) is 1. The number of nitrogens with zero attached hydrogens (tertiary/aromatic N) is 3. The largest absolute Gasteiger partial charge is 0.497 e. The number of ether oxygens (including phenoxy) is 2. The highest BCUT2D eigenvalue weighted by molar-refractivity contribution is 6.00. The molecule has 0 saturated heterocycles. The van der Waals surface area contributed by atoms with Gasteiger partial charge < -0.3 is 14.8 Å². The van der Waals surface area contributed by atoms with Gasteiger partial charge in [-0.2, -0.15) is 4.98 Å². The van der Waals surface area contributed by atoms with Crippen molar-refractivity contribution in [1.82, 2.24) is 14.8 Å². The van der Waals surface area contributed by atoms with Gasteiger partial charge in [0.2, 0.25) is 5.95 Å². The van der Waals surface area contributed by atoms with Gasteiger partial charge in [0.05, 0.1) is 14.2 Å². The molecule has 1 N–H and O–H groups in total. The number of anilines is 1. The molecular weight excluding hydrogens is 404 g/mol. The Bertz CT molecular complexity index is 1210. The van der Waals surface area contributed by atoms with Crippen molar-refractivity contribution in [3.8, 4) is 22.9 Å². The van der Waals surface area contributed by atoms with Crippen molar-refractivity contribution < 1.29 is 14.3 Å². The van der Waals surface area contributed by atoms with Crippen LogP contribution >= 0.6 is 0 Å². The summed E-state index contributed by atoms with van der Waals surface area (Å²) in [7, 11) is 3.28. The van der Waals surface area contributed by atoms with Gasteiger partial charge in [-0.1, -0.05) is 26.0 Å². The Kier molecular flexibility index (Phi) is 4.77. The monoisotopic (exact) mass is 430 g/mol. The Labute approximate surface area is 187 Å². The van der Waals surface area contributed by atoms with E-state index in [2.05, 4.69) is 19.2 Å². The molecule has 0 saturated carbocycles. The van der Waals surface area contributed by atoms with Gasteiger partial charge in [-0.3, -0.25) is 4.79 Å². The second-order valence-corrected chi connectivity index (χ2v) is 9.07. The summed E-state index contributed by atoms with van der Waals surface area (Å²) in [5, 5.41) is 8.24. The first kappa shape index (κ1) is 20.3. The van der Waals surface area contributed by atoms with Crippen LogP contribution in [0.1, 0.15) is 38.3 Å². The minimum absolute atomic E-state index is 0.103. The van der Waals surface area contributed by atoms with Gasteiger partial charge in [0, 0.05) is 23.3 Å². The van der Waals surface area contributed by atoms with Crippen molar-refractivity contribution in [3.63, 3.8) is 0 Å². The zero-order chi connectivity index (χ0) is 22.5. The maximum atomic E-state index is 13.3. The summed E-state index contributed by atoms with van der Waals surface area (Å²) < 4.78 is 12.4. The number of ketones is 1. The first-order valence-corrected chi connectivity index (χ1v) is 10.7. The van der Waals surface area contributed by atoms with Crippen molar-refractivity contribution in [2.75, 3.05) is 19.5 Å². The molecule has 1 aromatic heterocycles. The molecule has 0 fully saturated rings. The van der Waals surface area contributed by atoms with Crippen LogP contribution in [0.3, 0.4) is 0 Å². The Morgan fingerprint density at radius 1 is 0.969 bits per heavy atom. The third-order valence-corrected chi connectivity index (χ3v) is 6.11. The van der Waals surface area contributed by atoms with Crippen molar-refractivity contribution >= 4 is 11.7 Å². The molecule has 1 atom stereocenters. The molecule has 7 nitrogen and oxygen atoms in total. The zero-order valence-corrected chi connectivity index (χ0v) is 18.7. The van der Waals surface area contributed by atoms with Crippen LogP contribution in [0.15, 0.2) is 59.8 Å². The van der Waals surface area contributed by atoms with E-state index in [-0.39, 0.29) is 17.2 Å². The maximum absolute atomic E-state index is 13.3. The molecule has 5 rings (SSSR count). The van der Waals surface area contributed by atoms with Gasteiger partial charge in [0.1, 0.15) is 17.5 Å². The van der Waals surface area contributed by atoms with Crippen LogP contribution in [0.5, 0.6) is 11.5 Å². The highest BCUT2D eigenvalue weighted by atomic mass is 16.5. The molecule has 0 spiro atoms. The number of fused-ring (bicyclic) bond motifs is 1. The first-order chi connectivity index (χ1) is 15.4. The minimum Gasteiger partial charge on any atom is -0.497 e.